The highest BCUT2D eigenvalue weighted by atomic mass is 16.5. The maximum absolute atomic E-state index is 5.25. The molecule has 0 saturated carbocycles. The Labute approximate surface area is 56.8 Å². The Bertz CT molecular complexity index is 85.0. The number of rotatable bonds is 3. The van der Waals surface area contributed by atoms with E-state index < -0.39 is 0 Å². The van der Waals surface area contributed by atoms with Crippen molar-refractivity contribution in [2.75, 3.05) is 19.8 Å². The van der Waals surface area contributed by atoms with Gasteiger partial charge in [-0.1, -0.05) is 0 Å². The molecule has 1 N–H and O–H groups in total. The molecule has 0 aliphatic carbocycles. The summed E-state index contributed by atoms with van der Waals surface area (Å²) in [7, 11) is 3.91. The molecule has 0 aromatic heterocycles. The van der Waals surface area contributed by atoms with Gasteiger partial charge < -0.3 is 9.64 Å². The Hall–Kier alpha value is -0.0800. The predicted octanol–water partition coefficient (Wildman–Crippen LogP) is -0.528. The van der Waals surface area contributed by atoms with Gasteiger partial charge in [0, 0.05) is 13.0 Å². The second-order valence-corrected chi connectivity index (χ2v) is 2.55. The highest BCUT2D eigenvalue weighted by molar-refractivity contribution is 4.61. The minimum atomic E-state index is 0.685. The quantitative estimate of drug-likeness (QED) is 0.506. The van der Waals surface area contributed by atoms with Crippen LogP contribution in [-0.4, -0.2) is 25.8 Å². The van der Waals surface area contributed by atoms with Crippen molar-refractivity contribution in [2.24, 2.45) is 0 Å². The van der Waals surface area contributed by atoms with Gasteiger partial charge in [0.25, 0.3) is 0 Å². The summed E-state index contributed by atoms with van der Waals surface area (Å²) in [6.45, 7) is 4.98. The molecule has 0 spiro atoms. The molecule has 0 radical (unpaired) electrons. The standard InChI is InChI=1S/C7H15NO/c1-3-9-6-7-4-5-8(7)2/h7-8H,2-6H2,1H3/t7-/m0/s1. The Morgan fingerprint density at radius 3 is 2.89 bits per heavy atom. The summed E-state index contributed by atoms with van der Waals surface area (Å²) in [5, 5.41) is 0. The van der Waals surface area contributed by atoms with Gasteiger partial charge in [0.2, 0.25) is 0 Å². The first-order valence-corrected chi connectivity index (χ1v) is 3.60. The van der Waals surface area contributed by atoms with E-state index in [-0.39, 0.29) is 0 Å². The minimum absolute atomic E-state index is 0.685. The zero-order chi connectivity index (χ0) is 6.69. The molecular formula is C7H15NO. The van der Waals surface area contributed by atoms with Crippen LogP contribution < -0.4 is 4.90 Å². The van der Waals surface area contributed by atoms with Crippen molar-refractivity contribution in [3.05, 3.63) is 7.05 Å². The van der Waals surface area contributed by atoms with E-state index in [0.29, 0.717) is 6.04 Å². The van der Waals surface area contributed by atoms with E-state index in [9.17, 15) is 0 Å². The summed E-state index contributed by atoms with van der Waals surface area (Å²) in [5.74, 6) is 0. The van der Waals surface area contributed by atoms with Gasteiger partial charge in [-0.3, -0.25) is 0 Å². The first-order chi connectivity index (χ1) is 4.34. The van der Waals surface area contributed by atoms with Gasteiger partial charge in [-0.15, -0.1) is 0 Å². The lowest BCUT2D eigenvalue weighted by atomic mass is 10.1. The Balaban J connectivity index is 1.99. The van der Waals surface area contributed by atoms with E-state index in [1.807, 2.05) is 6.92 Å². The molecule has 1 unspecified atom stereocenters. The summed E-state index contributed by atoms with van der Waals surface area (Å²) in [6.07, 6.45) is 1.29. The van der Waals surface area contributed by atoms with E-state index in [4.69, 9.17) is 4.74 Å². The molecule has 2 heteroatoms. The average molecular weight is 129 g/mol. The van der Waals surface area contributed by atoms with Crippen LogP contribution in [0, 0.1) is 7.05 Å². The van der Waals surface area contributed by atoms with Crippen molar-refractivity contribution in [3.8, 4) is 0 Å². The van der Waals surface area contributed by atoms with Crippen LogP contribution in [0.4, 0.5) is 0 Å². The van der Waals surface area contributed by atoms with Gasteiger partial charge >= 0.3 is 0 Å². The van der Waals surface area contributed by atoms with Crippen LogP contribution in [0.15, 0.2) is 0 Å². The maximum Gasteiger partial charge on any atom is 0.0965 e. The Morgan fingerprint density at radius 2 is 2.56 bits per heavy atom. The Kier molecular flexibility index (Phi) is 2.49. The van der Waals surface area contributed by atoms with Crippen LogP contribution in [0.2, 0.25) is 0 Å². The van der Waals surface area contributed by atoms with Crippen LogP contribution in [-0.2, 0) is 4.74 Å². The fourth-order valence-corrected chi connectivity index (χ4v) is 1.01. The van der Waals surface area contributed by atoms with Crippen LogP contribution in [0.3, 0.4) is 0 Å². The van der Waals surface area contributed by atoms with Gasteiger partial charge in [-0.05, 0) is 6.92 Å². The van der Waals surface area contributed by atoms with Crippen LogP contribution in [0.5, 0.6) is 0 Å². The zero-order valence-corrected chi connectivity index (χ0v) is 6.02. The number of ether oxygens (including phenoxy) is 1. The first kappa shape index (κ1) is 7.03. The molecule has 54 valence electrons. The van der Waals surface area contributed by atoms with Crippen molar-refractivity contribution in [2.45, 2.75) is 19.4 Å². The van der Waals surface area contributed by atoms with E-state index in [2.05, 4.69) is 7.05 Å². The maximum atomic E-state index is 5.25. The van der Waals surface area contributed by atoms with Crippen LogP contribution >= 0.6 is 0 Å². The fourth-order valence-electron chi connectivity index (χ4n) is 1.01. The molecule has 1 aliphatic heterocycles. The number of hydrogen-bond donors (Lipinski definition) is 1. The van der Waals surface area contributed by atoms with E-state index in [1.165, 1.54) is 17.9 Å². The third-order valence-electron chi connectivity index (χ3n) is 1.91. The van der Waals surface area contributed by atoms with Crippen molar-refractivity contribution >= 4 is 0 Å². The van der Waals surface area contributed by atoms with E-state index in [0.717, 1.165) is 13.2 Å². The van der Waals surface area contributed by atoms with Crippen molar-refractivity contribution < 1.29 is 9.64 Å². The highest BCUT2D eigenvalue weighted by Gasteiger charge is 2.23. The first-order valence-electron chi connectivity index (χ1n) is 3.60. The largest absolute Gasteiger partial charge is 0.463 e. The summed E-state index contributed by atoms with van der Waals surface area (Å²) in [5.41, 5.74) is 0. The van der Waals surface area contributed by atoms with Crippen LogP contribution in [0.25, 0.3) is 0 Å². The average Bonchev–Trinajstić information content (AvgIpc) is 1.86. The second-order valence-electron chi connectivity index (χ2n) is 2.55. The molecule has 0 aromatic rings. The smallest absolute Gasteiger partial charge is 0.0965 e. The molecule has 0 amide bonds. The molecule has 9 heavy (non-hydrogen) atoms. The molecule has 1 heterocycles. The third kappa shape index (κ3) is 1.66. The Morgan fingerprint density at radius 1 is 1.78 bits per heavy atom. The monoisotopic (exact) mass is 129 g/mol. The summed E-state index contributed by atoms with van der Waals surface area (Å²) in [4.78, 5) is 1.38. The van der Waals surface area contributed by atoms with Crippen molar-refractivity contribution in [3.63, 3.8) is 0 Å². The molecule has 1 fully saturated rings. The van der Waals surface area contributed by atoms with Crippen LogP contribution in [0.1, 0.15) is 13.3 Å². The fraction of sp³-hybridized carbons (Fsp3) is 0.857. The summed E-state index contributed by atoms with van der Waals surface area (Å²) in [6, 6.07) is 0.685. The summed E-state index contributed by atoms with van der Waals surface area (Å²) >= 11 is 0. The summed E-state index contributed by atoms with van der Waals surface area (Å²) < 4.78 is 5.25. The molecule has 1 saturated heterocycles. The van der Waals surface area contributed by atoms with Gasteiger partial charge in [0.05, 0.1) is 19.2 Å². The zero-order valence-electron chi connectivity index (χ0n) is 6.02. The van der Waals surface area contributed by atoms with Gasteiger partial charge in [0.1, 0.15) is 0 Å². The third-order valence-corrected chi connectivity index (χ3v) is 1.91. The number of hydrogen-bond acceptors (Lipinski definition) is 1. The number of likely N-dealkylation sites (tertiary alicyclic amines) is 1. The number of nitrogens with one attached hydrogen (secondary N) is 1. The molecule has 0 bridgehead atoms. The van der Waals surface area contributed by atoms with Crippen molar-refractivity contribution in [1.29, 1.82) is 0 Å². The van der Waals surface area contributed by atoms with Gasteiger partial charge in [-0.25, -0.2) is 0 Å². The van der Waals surface area contributed by atoms with Crippen molar-refractivity contribution in [1.82, 2.24) is 0 Å². The number of quaternary nitrogens is 1. The normalized spacial score (nSPS) is 34.0. The molecule has 2 nitrogen and oxygen atoms in total. The predicted molar refractivity (Wildman–Crippen MR) is 36.1 cm³/mol. The van der Waals surface area contributed by atoms with Gasteiger partial charge in [0.15, 0.2) is 0 Å². The molecule has 1 rings (SSSR count). The molecule has 0 aromatic carbocycles. The highest BCUT2D eigenvalue weighted by Crippen LogP contribution is 1.94. The topological polar surface area (TPSA) is 13.7 Å². The molecule has 2 atom stereocenters. The van der Waals surface area contributed by atoms with E-state index in [1.54, 1.807) is 0 Å². The van der Waals surface area contributed by atoms with Gasteiger partial charge in [-0.2, -0.15) is 7.05 Å². The lowest BCUT2D eigenvalue weighted by Gasteiger charge is -2.39. The van der Waals surface area contributed by atoms with E-state index >= 15 is 0 Å². The lowest BCUT2D eigenvalue weighted by molar-refractivity contribution is -0.925. The minimum Gasteiger partial charge on any atom is -0.463 e. The SMILES string of the molecule is [CH2-][NH+]1CC[C@H]1COCC. The lowest BCUT2D eigenvalue weighted by Crippen LogP contribution is -3.18. The molecular weight excluding hydrogens is 114 g/mol. The second kappa shape index (κ2) is 3.18. The molecule has 1 aliphatic rings.